The van der Waals surface area contributed by atoms with Crippen molar-refractivity contribution < 1.29 is 9.26 Å². The summed E-state index contributed by atoms with van der Waals surface area (Å²) in [7, 11) is 0. The van der Waals surface area contributed by atoms with Crippen LogP contribution in [0.1, 0.15) is 45.2 Å². The van der Waals surface area contributed by atoms with Crippen molar-refractivity contribution in [3.63, 3.8) is 0 Å². The number of rotatable bonds is 10. The summed E-state index contributed by atoms with van der Waals surface area (Å²) < 4.78 is 11.4. The number of para-hydroxylation sites is 1. The van der Waals surface area contributed by atoms with Crippen molar-refractivity contribution in [1.29, 1.82) is 0 Å². The van der Waals surface area contributed by atoms with Gasteiger partial charge in [0.25, 0.3) is 0 Å². The first-order valence-electron chi connectivity index (χ1n) is 8.23. The lowest BCUT2D eigenvalue weighted by Crippen LogP contribution is -2.11. The number of aromatic nitrogens is 1. The maximum Gasteiger partial charge on any atom is 0.170 e. The van der Waals surface area contributed by atoms with E-state index in [2.05, 4.69) is 24.3 Å². The Kier molecular flexibility index (Phi) is 6.97. The maximum atomic E-state index is 5.93. The van der Waals surface area contributed by atoms with Gasteiger partial charge in [-0.1, -0.05) is 50.4 Å². The smallest absolute Gasteiger partial charge is 0.170 e. The number of unbranched alkanes of at least 4 members (excludes halogenated alkanes) is 3. The zero-order chi connectivity index (χ0) is 15.6. The molecule has 0 aliphatic rings. The fraction of sp³-hybridized carbons (Fsp3) is 0.500. The summed E-state index contributed by atoms with van der Waals surface area (Å²) in [5, 5.41) is 7.34. The van der Waals surface area contributed by atoms with Gasteiger partial charge in [-0.05, 0) is 25.1 Å². The maximum absolute atomic E-state index is 5.93. The number of ether oxygens (including phenoxy) is 1. The quantitative estimate of drug-likeness (QED) is 0.660. The van der Waals surface area contributed by atoms with Gasteiger partial charge < -0.3 is 14.6 Å². The van der Waals surface area contributed by atoms with Gasteiger partial charge in [-0.2, -0.15) is 0 Å². The highest BCUT2D eigenvalue weighted by atomic mass is 16.5. The van der Waals surface area contributed by atoms with Crippen LogP contribution in [0, 0.1) is 0 Å². The molecule has 2 rings (SSSR count). The fourth-order valence-electron chi connectivity index (χ4n) is 2.28. The summed E-state index contributed by atoms with van der Waals surface area (Å²) in [4.78, 5) is 0. The summed E-state index contributed by atoms with van der Waals surface area (Å²) in [6.07, 6.45) is 4.81. The summed E-state index contributed by atoms with van der Waals surface area (Å²) in [6, 6.07) is 9.95. The lowest BCUT2D eigenvalue weighted by molar-refractivity contribution is 0.305. The Morgan fingerprint density at radius 3 is 2.82 bits per heavy atom. The van der Waals surface area contributed by atoms with Crippen LogP contribution in [-0.4, -0.2) is 18.3 Å². The number of benzene rings is 1. The van der Waals surface area contributed by atoms with Crippen LogP contribution in [0.5, 0.6) is 5.75 Å². The Balaban J connectivity index is 1.99. The average molecular weight is 302 g/mol. The molecule has 0 aliphatic carbocycles. The standard InChI is InChI=1S/C18H26N2O2/c1-3-5-6-9-12-21-17-11-8-7-10-16(17)18-13-15(20-22-18)14-19-4-2/h7-8,10-11,13,19H,3-6,9,12,14H2,1-2H3. The lowest BCUT2D eigenvalue weighted by Gasteiger charge is -2.09. The molecular weight excluding hydrogens is 276 g/mol. The van der Waals surface area contributed by atoms with Crippen LogP contribution >= 0.6 is 0 Å². The zero-order valence-corrected chi connectivity index (χ0v) is 13.6. The molecule has 22 heavy (non-hydrogen) atoms. The second-order valence-electron chi connectivity index (χ2n) is 5.37. The van der Waals surface area contributed by atoms with Crippen LogP contribution < -0.4 is 10.1 Å². The van der Waals surface area contributed by atoms with Gasteiger partial charge in [0.2, 0.25) is 0 Å². The Hall–Kier alpha value is -1.81. The topological polar surface area (TPSA) is 47.3 Å². The minimum Gasteiger partial charge on any atom is -0.493 e. The number of nitrogens with zero attached hydrogens (tertiary/aromatic N) is 1. The molecule has 1 heterocycles. The van der Waals surface area contributed by atoms with Crippen molar-refractivity contribution in [2.24, 2.45) is 0 Å². The molecule has 0 spiro atoms. The first-order chi connectivity index (χ1) is 10.8. The molecule has 1 aromatic heterocycles. The van der Waals surface area contributed by atoms with E-state index in [4.69, 9.17) is 9.26 Å². The van der Waals surface area contributed by atoms with Gasteiger partial charge >= 0.3 is 0 Å². The Labute approximate surface area is 132 Å². The van der Waals surface area contributed by atoms with E-state index in [-0.39, 0.29) is 0 Å². The second-order valence-corrected chi connectivity index (χ2v) is 5.37. The Morgan fingerprint density at radius 2 is 2.00 bits per heavy atom. The zero-order valence-electron chi connectivity index (χ0n) is 13.6. The van der Waals surface area contributed by atoms with Gasteiger partial charge in [0.05, 0.1) is 17.9 Å². The van der Waals surface area contributed by atoms with E-state index in [1.54, 1.807) is 0 Å². The van der Waals surface area contributed by atoms with E-state index in [9.17, 15) is 0 Å². The summed E-state index contributed by atoms with van der Waals surface area (Å²) in [5.74, 6) is 1.63. The van der Waals surface area contributed by atoms with Crippen molar-refractivity contribution >= 4 is 0 Å². The minimum atomic E-state index is 0.722. The van der Waals surface area contributed by atoms with E-state index >= 15 is 0 Å². The van der Waals surface area contributed by atoms with Crippen molar-refractivity contribution in [3.05, 3.63) is 36.0 Å². The fourth-order valence-corrected chi connectivity index (χ4v) is 2.28. The molecular formula is C18H26N2O2. The van der Waals surface area contributed by atoms with E-state index in [1.807, 2.05) is 30.3 Å². The molecule has 1 N–H and O–H groups in total. The molecule has 120 valence electrons. The SMILES string of the molecule is CCCCCCOc1ccccc1-c1cc(CNCC)no1. The van der Waals surface area contributed by atoms with Gasteiger partial charge in [0, 0.05) is 12.6 Å². The van der Waals surface area contributed by atoms with Crippen LogP contribution in [0.3, 0.4) is 0 Å². The number of nitrogens with one attached hydrogen (secondary N) is 1. The van der Waals surface area contributed by atoms with Crippen LogP contribution in [-0.2, 0) is 6.54 Å². The predicted molar refractivity (Wildman–Crippen MR) is 89.0 cm³/mol. The first-order valence-corrected chi connectivity index (χ1v) is 8.23. The molecule has 0 unspecified atom stereocenters. The third-order valence-electron chi connectivity index (χ3n) is 3.52. The Morgan fingerprint density at radius 1 is 1.14 bits per heavy atom. The molecule has 0 radical (unpaired) electrons. The number of hydrogen-bond acceptors (Lipinski definition) is 4. The van der Waals surface area contributed by atoms with E-state index < -0.39 is 0 Å². The molecule has 2 aromatic rings. The predicted octanol–water partition coefficient (Wildman–Crippen LogP) is 4.41. The van der Waals surface area contributed by atoms with Gasteiger partial charge in [-0.3, -0.25) is 0 Å². The van der Waals surface area contributed by atoms with E-state index in [0.29, 0.717) is 0 Å². The van der Waals surface area contributed by atoms with Crippen molar-refractivity contribution in [1.82, 2.24) is 10.5 Å². The molecule has 1 aromatic carbocycles. The molecule has 4 nitrogen and oxygen atoms in total. The highest BCUT2D eigenvalue weighted by Gasteiger charge is 2.11. The van der Waals surface area contributed by atoms with Gasteiger partial charge in [-0.15, -0.1) is 0 Å². The molecule has 0 bridgehead atoms. The number of hydrogen-bond donors (Lipinski definition) is 1. The summed E-state index contributed by atoms with van der Waals surface area (Å²) >= 11 is 0. The Bertz CT molecular complexity index is 552. The van der Waals surface area contributed by atoms with Crippen molar-refractivity contribution in [2.75, 3.05) is 13.2 Å². The summed E-state index contributed by atoms with van der Waals surface area (Å²) in [5.41, 5.74) is 1.88. The third-order valence-corrected chi connectivity index (χ3v) is 3.52. The van der Waals surface area contributed by atoms with Crippen LogP contribution in [0.15, 0.2) is 34.9 Å². The molecule has 4 heteroatoms. The second kappa shape index (κ2) is 9.26. The molecule has 0 amide bonds. The molecule has 0 saturated heterocycles. The molecule has 0 fully saturated rings. The monoisotopic (exact) mass is 302 g/mol. The van der Waals surface area contributed by atoms with Gasteiger partial charge in [0.15, 0.2) is 5.76 Å². The third kappa shape index (κ3) is 4.88. The van der Waals surface area contributed by atoms with Crippen LogP contribution in [0.2, 0.25) is 0 Å². The van der Waals surface area contributed by atoms with E-state index in [0.717, 1.165) is 48.9 Å². The average Bonchev–Trinajstić information content (AvgIpc) is 3.02. The van der Waals surface area contributed by atoms with E-state index in [1.165, 1.54) is 19.3 Å². The largest absolute Gasteiger partial charge is 0.493 e. The molecule has 0 aliphatic heterocycles. The van der Waals surface area contributed by atoms with Crippen LogP contribution in [0.4, 0.5) is 0 Å². The normalized spacial score (nSPS) is 10.8. The van der Waals surface area contributed by atoms with Crippen molar-refractivity contribution in [3.8, 4) is 17.1 Å². The van der Waals surface area contributed by atoms with Crippen LogP contribution in [0.25, 0.3) is 11.3 Å². The highest BCUT2D eigenvalue weighted by Crippen LogP contribution is 2.30. The first kappa shape index (κ1) is 16.6. The van der Waals surface area contributed by atoms with Crippen molar-refractivity contribution in [2.45, 2.75) is 46.1 Å². The van der Waals surface area contributed by atoms with Gasteiger partial charge in [0.1, 0.15) is 5.75 Å². The van der Waals surface area contributed by atoms with Gasteiger partial charge in [-0.25, -0.2) is 0 Å². The highest BCUT2D eigenvalue weighted by molar-refractivity contribution is 5.65. The minimum absolute atomic E-state index is 0.722. The lowest BCUT2D eigenvalue weighted by atomic mass is 10.1. The summed E-state index contributed by atoms with van der Waals surface area (Å²) in [6.45, 7) is 6.67. The molecule has 0 atom stereocenters. The molecule has 0 saturated carbocycles.